The Hall–Kier alpha value is -1.75. The van der Waals surface area contributed by atoms with Crippen LogP contribution in [0.15, 0.2) is 18.2 Å². The van der Waals surface area contributed by atoms with Crippen molar-refractivity contribution in [3.63, 3.8) is 0 Å². The van der Waals surface area contributed by atoms with Crippen molar-refractivity contribution in [2.45, 2.75) is 0 Å². The SMILES string of the molecule is CONC(=O)c1cccc(OC)c1O. The van der Waals surface area contributed by atoms with Gasteiger partial charge in [0.05, 0.1) is 19.8 Å². The second-order valence-corrected chi connectivity index (χ2v) is 2.49. The van der Waals surface area contributed by atoms with Gasteiger partial charge < -0.3 is 9.84 Å². The summed E-state index contributed by atoms with van der Waals surface area (Å²) in [4.78, 5) is 15.7. The molecule has 14 heavy (non-hydrogen) atoms. The molecule has 0 saturated carbocycles. The van der Waals surface area contributed by atoms with Gasteiger partial charge in [-0.3, -0.25) is 9.63 Å². The van der Waals surface area contributed by atoms with E-state index in [-0.39, 0.29) is 17.1 Å². The Morgan fingerprint density at radius 3 is 2.71 bits per heavy atom. The zero-order chi connectivity index (χ0) is 10.6. The predicted octanol–water partition coefficient (Wildman–Crippen LogP) is 0.692. The van der Waals surface area contributed by atoms with Crippen LogP contribution < -0.4 is 10.2 Å². The summed E-state index contributed by atoms with van der Waals surface area (Å²) in [6.45, 7) is 0. The Labute approximate surface area is 81.2 Å². The summed E-state index contributed by atoms with van der Waals surface area (Å²) in [6.07, 6.45) is 0. The Bertz CT molecular complexity index is 338. The van der Waals surface area contributed by atoms with Crippen LogP contribution >= 0.6 is 0 Å². The van der Waals surface area contributed by atoms with E-state index in [9.17, 15) is 9.90 Å². The number of phenols is 1. The fraction of sp³-hybridized carbons (Fsp3) is 0.222. The Morgan fingerprint density at radius 2 is 2.14 bits per heavy atom. The third-order valence-electron chi connectivity index (χ3n) is 1.66. The maximum Gasteiger partial charge on any atom is 0.278 e. The van der Waals surface area contributed by atoms with Crippen LogP contribution in [0.3, 0.4) is 0 Å². The number of nitrogens with one attached hydrogen (secondary N) is 1. The van der Waals surface area contributed by atoms with Crippen LogP contribution in [0.5, 0.6) is 11.5 Å². The minimum Gasteiger partial charge on any atom is -0.504 e. The quantitative estimate of drug-likeness (QED) is 0.699. The van der Waals surface area contributed by atoms with Gasteiger partial charge in [0.1, 0.15) is 0 Å². The molecule has 0 saturated heterocycles. The number of aromatic hydroxyl groups is 1. The molecular weight excluding hydrogens is 186 g/mol. The summed E-state index contributed by atoms with van der Waals surface area (Å²) in [7, 11) is 2.72. The molecule has 1 rings (SSSR count). The monoisotopic (exact) mass is 197 g/mol. The van der Waals surface area contributed by atoms with Crippen molar-refractivity contribution in [1.82, 2.24) is 5.48 Å². The first-order chi connectivity index (χ1) is 6.70. The van der Waals surface area contributed by atoms with Gasteiger partial charge in [0.2, 0.25) is 0 Å². The normalized spacial score (nSPS) is 9.57. The van der Waals surface area contributed by atoms with Gasteiger partial charge in [0.25, 0.3) is 5.91 Å². The van der Waals surface area contributed by atoms with Gasteiger partial charge in [-0.2, -0.15) is 0 Å². The van der Waals surface area contributed by atoms with Gasteiger partial charge in [-0.05, 0) is 12.1 Å². The summed E-state index contributed by atoms with van der Waals surface area (Å²) in [5.41, 5.74) is 2.20. The van der Waals surface area contributed by atoms with E-state index in [0.717, 1.165) is 0 Å². The van der Waals surface area contributed by atoms with Crippen LogP contribution in [0.25, 0.3) is 0 Å². The third-order valence-corrected chi connectivity index (χ3v) is 1.66. The molecule has 1 amide bonds. The molecule has 0 unspecified atom stereocenters. The number of amides is 1. The van der Waals surface area contributed by atoms with Crippen molar-refractivity contribution in [3.05, 3.63) is 23.8 Å². The number of methoxy groups -OCH3 is 1. The van der Waals surface area contributed by atoms with Crippen LogP contribution in [-0.4, -0.2) is 25.2 Å². The highest BCUT2D eigenvalue weighted by Crippen LogP contribution is 2.28. The average molecular weight is 197 g/mol. The Balaban J connectivity index is 3.03. The lowest BCUT2D eigenvalue weighted by atomic mass is 10.2. The molecule has 5 heteroatoms. The minimum atomic E-state index is -0.524. The van der Waals surface area contributed by atoms with E-state index in [4.69, 9.17) is 4.74 Å². The van der Waals surface area contributed by atoms with E-state index >= 15 is 0 Å². The predicted molar refractivity (Wildman–Crippen MR) is 49.1 cm³/mol. The summed E-state index contributed by atoms with van der Waals surface area (Å²) < 4.78 is 4.84. The molecule has 1 aromatic carbocycles. The number of carbonyl (C=O) groups is 1. The molecular formula is C9H11NO4. The van der Waals surface area contributed by atoms with Crippen LogP contribution in [0.1, 0.15) is 10.4 Å². The van der Waals surface area contributed by atoms with E-state index in [0.29, 0.717) is 0 Å². The number of phenolic OH excluding ortho intramolecular Hbond substituents is 1. The second-order valence-electron chi connectivity index (χ2n) is 2.49. The molecule has 1 aromatic rings. The highest BCUT2D eigenvalue weighted by Gasteiger charge is 2.13. The standard InChI is InChI=1S/C9H11NO4/c1-13-7-5-3-4-6(8(7)11)9(12)10-14-2/h3-5,11H,1-2H3,(H,10,12). The molecule has 2 N–H and O–H groups in total. The number of hydroxylamine groups is 1. The molecule has 0 bridgehead atoms. The fourth-order valence-electron chi connectivity index (χ4n) is 1.02. The first kappa shape index (κ1) is 10.3. The summed E-state index contributed by atoms with van der Waals surface area (Å²) in [5, 5.41) is 9.54. The number of ether oxygens (including phenoxy) is 1. The molecule has 76 valence electrons. The van der Waals surface area contributed by atoms with Crippen LogP contribution in [0, 0.1) is 0 Å². The van der Waals surface area contributed by atoms with E-state index in [1.54, 1.807) is 12.1 Å². The number of carbonyl (C=O) groups excluding carboxylic acids is 1. The fourth-order valence-corrected chi connectivity index (χ4v) is 1.02. The molecule has 0 atom stereocenters. The van der Waals surface area contributed by atoms with E-state index in [2.05, 4.69) is 10.3 Å². The number of rotatable bonds is 3. The van der Waals surface area contributed by atoms with Crippen LogP contribution in [-0.2, 0) is 4.84 Å². The average Bonchev–Trinajstić information content (AvgIpc) is 2.18. The van der Waals surface area contributed by atoms with Crippen molar-refractivity contribution >= 4 is 5.91 Å². The van der Waals surface area contributed by atoms with Gasteiger partial charge in [0, 0.05) is 0 Å². The number of benzene rings is 1. The highest BCUT2D eigenvalue weighted by atomic mass is 16.6. The first-order valence-corrected chi connectivity index (χ1v) is 3.90. The van der Waals surface area contributed by atoms with Crippen molar-refractivity contribution in [3.8, 4) is 11.5 Å². The zero-order valence-electron chi connectivity index (χ0n) is 7.90. The minimum absolute atomic E-state index is 0.103. The van der Waals surface area contributed by atoms with E-state index in [1.807, 2.05) is 0 Å². The number of hydrogen-bond donors (Lipinski definition) is 2. The van der Waals surface area contributed by atoms with Crippen molar-refractivity contribution in [2.75, 3.05) is 14.2 Å². The molecule has 0 radical (unpaired) electrons. The molecule has 0 spiro atoms. The molecule has 5 nitrogen and oxygen atoms in total. The summed E-state index contributed by atoms with van der Waals surface area (Å²) >= 11 is 0. The van der Waals surface area contributed by atoms with Gasteiger partial charge in [-0.25, -0.2) is 5.48 Å². The first-order valence-electron chi connectivity index (χ1n) is 3.90. The molecule has 0 aliphatic heterocycles. The van der Waals surface area contributed by atoms with Gasteiger partial charge >= 0.3 is 0 Å². The lowest BCUT2D eigenvalue weighted by Crippen LogP contribution is -2.21. The molecule has 0 fully saturated rings. The highest BCUT2D eigenvalue weighted by molar-refractivity contribution is 5.96. The molecule has 0 heterocycles. The Morgan fingerprint density at radius 1 is 1.43 bits per heavy atom. The van der Waals surface area contributed by atoms with Crippen molar-refractivity contribution in [1.29, 1.82) is 0 Å². The van der Waals surface area contributed by atoms with Crippen molar-refractivity contribution in [2.24, 2.45) is 0 Å². The topological polar surface area (TPSA) is 67.8 Å². The molecule has 0 aliphatic carbocycles. The second kappa shape index (κ2) is 4.48. The Kier molecular flexibility index (Phi) is 3.30. The summed E-state index contributed by atoms with van der Waals surface area (Å²) in [5.74, 6) is -0.484. The van der Waals surface area contributed by atoms with E-state index < -0.39 is 5.91 Å². The maximum atomic E-state index is 11.3. The lowest BCUT2D eigenvalue weighted by Gasteiger charge is -2.07. The number of para-hydroxylation sites is 1. The zero-order valence-corrected chi connectivity index (χ0v) is 7.90. The van der Waals surface area contributed by atoms with Gasteiger partial charge in [-0.1, -0.05) is 6.07 Å². The molecule has 0 aromatic heterocycles. The van der Waals surface area contributed by atoms with Crippen LogP contribution in [0.4, 0.5) is 0 Å². The van der Waals surface area contributed by atoms with Gasteiger partial charge in [0.15, 0.2) is 11.5 Å². The maximum absolute atomic E-state index is 11.3. The lowest BCUT2D eigenvalue weighted by molar-refractivity contribution is 0.0534. The van der Waals surface area contributed by atoms with Gasteiger partial charge in [-0.15, -0.1) is 0 Å². The van der Waals surface area contributed by atoms with Crippen molar-refractivity contribution < 1.29 is 19.5 Å². The molecule has 0 aliphatic rings. The summed E-state index contributed by atoms with van der Waals surface area (Å²) in [6, 6.07) is 4.62. The third kappa shape index (κ3) is 1.94. The largest absolute Gasteiger partial charge is 0.504 e. The van der Waals surface area contributed by atoms with Crippen LogP contribution in [0.2, 0.25) is 0 Å². The van der Waals surface area contributed by atoms with E-state index in [1.165, 1.54) is 20.3 Å². The number of hydrogen-bond acceptors (Lipinski definition) is 4. The smallest absolute Gasteiger partial charge is 0.278 e.